The minimum Gasteiger partial charge on any atom is -0.444 e. The molecule has 0 aliphatic rings. The van der Waals surface area contributed by atoms with Crippen LogP contribution in [0.5, 0.6) is 0 Å². The highest BCUT2D eigenvalue weighted by atomic mass is 16.4. The molecule has 0 fully saturated rings. The summed E-state index contributed by atoms with van der Waals surface area (Å²) in [4.78, 5) is 16.0. The average Bonchev–Trinajstić information content (AvgIpc) is 2.67. The molecule has 18 heavy (non-hydrogen) atoms. The van der Waals surface area contributed by atoms with Crippen LogP contribution >= 0.6 is 0 Å². The van der Waals surface area contributed by atoms with Crippen LogP contribution in [0.2, 0.25) is 0 Å². The van der Waals surface area contributed by atoms with Crippen molar-refractivity contribution < 1.29 is 9.21 Å². The van der Waals surface area contributed by atoms with Gasteiger partial charge in [-0.2, -0.15) is 0 Å². The minimum absolute atomic E-state index is 0.0386. The number of nitrogens with two attached hydrogens (primary N) is 1. The third-order valence-electron chi connectivity index (χ3n) is 2.60. The number of hydrogen-bond donors (Lipinski definition) is 2. The summed E-state index contributed by atoms with van der Waals surface area (Å²) in [6.45, 7) is 8.78. The largest absolute Gasteiger partial charge is 0.444 e. The number of hydrogen-bond acceptors (Lipinski definition) is 4. The van der Waals surface area contributed by atoms with E-state index in [0.29, 0.717) is 19.0 Å². The second-order valence-corrected chi connectivity index (χ2v) is 5.78. The van der Waals surface area contributed by atoms with Crippen molar-refractivity contribution in [2.75, 3.05) is 6.54 Å². The van der Waals surface area contributed by atoms with Gasteiger partial charge in [0, 0.05) is 6.54 Å². The lowest BCUT2D eigenvalue weighted by Crippen LogP contribution is -2.36. The molecule has 1 aromatic heterocycles. The maximum absolute atomic E-state index is 12.0. The van der Waals surface area contributed by atoms with Crippen LogP contribution in [0.25, 0.3) is 0 Å². The quantitative estimate of drug-likeness (QED) is 0.835. The van der Waals surface area contributed by atoms with Gasteiger partial charge in [-0.25, -0.2) is 4.98 Å². The van der Waals surface area contributed by atoms with Crippen molar-refractivity contribution in [3.8, 4) is 0 Å². The first-order valence-electron chi connectivity index (χ1n) is 6.21. The number of aryl methyl sites for hydroxylation is 1. The standard InChI is InChI=1S/C13H23N3O2/c1-9-7-15-11(18-9)8-16-12(17)10(6-14)5-13(2,3)4/h7,10H,5-6,8,14H2,1-4H3,(H,16,17). The highest BCUT2D eigenvalue weighted by molar-refractivity contribution is 5.78. The van der Waals surface area contributed by atoms with Crippen molar-refractivity contribution in [1.29, 1.82) is 0 Å². The zero-order valence-electron chi connectivity index (χ0n) is 11.6. The number of carbonyl (C=O) groups is 1. The molecule has 5 heteroatoms. The Morgan fingerprint density at radius 1 is 1.56 bits per heavy atom. The molecule has 1 atom stereocenters. The molecule has 1 amide bonds. The Balaban J connectivity index is 2.47. The van der Waals surface area contributed by atoms with Crippen LogP contribution in [-0.2, 0) is 11.3 Å². The Morgan fingerprint density at radius 2 is 2.22 bits per heavy atom. The Kier molecular flexibility index (Phi) is 4.90. The summed E-state index contributed by atoms with van der Waals surface area (Å²) in [5.41, 5.74) is 5.74. The second kappa shape index (κ2) is 6.00. The molecule has 0 aromatic carbocycles. The molecule has 0 saturated heterocycles. The van der Waals surface area contributed by atoms with Crippen molar-refractivity contribution in [2.24, 2.45) is 17.1 Å². The first kappa shape index (κ1) is 14.7. The Bertz CT molecular complexity index is 393. The summed E-state index contributed by atoms with van der Waals surface area (Å²) in [6, 6.07) is 0. The fourth-order valence-electron chi connectivity index (χ4n) is 1.81. The lowest BCUT2D eigenvalue weighted by Gasteiger charge is -2.24. The summed E-state index contributed by atoms with van der Waals surface area (Å²) in [5.74, 6) is 1.06. The van der Waals surface area contributed by atoms with Crippen LogP contribution in [0.4, 0.5) is 0 Å². The fraction of sp³-hybridized carbons (Fsp3) is 0.692. The molecule has 1 unspecified atom stereocenters. The Hall–Kier alpha value is -1.36. The molecule has 0 spiro atoms. The van der Waals surface area contributed by atoms with E-state index < -0.39 is 0 Å². The molecule has 0 aliphatic carbocycles. The van der Waals surface area contributed by atoms with Crippen LogP contribution in [0.3, 0.4) is 0 Å². The van der Waals surface area contributed by atoms with Crippen molar-refractivity contribution in [2.45, 2.75) is 40.7 Å². The van der Waals surface area contributed by atoms with E-state index in [2.05, 4.69) is 31.1 Å². The molecule has 5 nitrogen and oxygen atoms in total. The smallest absolute Gasteiger partial charge is 0.224 e. The van der Waals surface area contributed by atoms with E-state index in [1.54, 1.807) is 6.20 Å². The normalized spacial score (nSPS) is 13.4. The van der Waals surface area contributed by atoms with Crippen LogP contribution in [0.1, 0.15) is 38.8 Å². The van der Waals surface area contributed by atoms with E-state index in [1.165, 1.54) is 0 Å². The van der Waals surface area contributed by atoms with Gasteiger partial charge in [0.05, 0.1) is 18.7 Å². The lowest BCUT2D eigenvalue weighted by atomic mass is 9.84. The minimum atomic E-state index is -0.166. The highest BCUT2D eigenvalue weighted by Gasteiger charge is 2.23. The lowest BCUT2D eigenvalue weighted by molar-refractivity contribution is -0.125. The Labute approximate surface area is 108 Å². The predicted molar refractivity (Wildman–Crippen MR) is 69.7 cm³/mol. The summed E-state index contributed by atoms with van der Waals surface area (Å²) >= 11 is 0. The van der Waals surface area contributed by atoms with E-state index in [9.17, 15) is 4.79 Å². The van der Waals surface area contributed by atoms with Crippen molar-refractivity contribution in [3.63, 3.8) is 0 Å². The van der Waals surface area contributed by atoms with Gasteiger partial charge in [0.25, 0.3) is 0 Å². The first-order chi connectivity index (χ1) is 8.31. The molecule has 0 aliphatic heterocycles. The van der Waals surface area contributed by atoms with Crippen LogP contribution in [0.15, 0.2) is 10.6 Å². The molecule has 0 bridgehead atoms. The number of oxazole rings is 1. The third kappa shape index (κ3) is 4.87. The van der Waals surface area contributed by atoms with E-state index in [-0.39, 0.29) is 17.2 Å². The number of amides is 1. The van der Waals surface area contributed by atoms with Gasteiger partial charge >= 0.3 is 0 Å². The van der Waals surface area contributed by atoms with Gasteiger partial charge in [-0.15, -0.1) is 0 Å². The molecule has 1 aromatic rings. The number of nitrogens with one attached hydrogen (secondary N) is 1. The number of nitrogens with zero attached hydrogens (tertiary/aromatic N) is 1. The third-order valence-corrected chi connectivity index (χ3v) is 2.60. The monoisotopic (exact) mass is 253 g/mol. The molecular weight excluding hydrogens is 230 g/mol. The van der Waals surface area contributed by atoms with Gasteiger partial charge in [-0.05, 0) is 18.8 Å². The van der Waals surface area contributed by atoms with Crippen LogP contribution in [0, 0.1) is 18.3 Å². The molecule has 1 heterocycles. The van der Waals surface area contributed by atoms with E-state index in [0.717, 1.165) is 12.2 Å². The summed E-state index contributed by atoms with van der Waals surface area (Å²) in [6.07, 6.45) is 2.40. The molecule has 1 rings (SSSR count). The molecule has 102 valence electrons. The topological polar surface area (TPSA) is 81.2 Å². The molecule has 3 N–H and O–H groups in total. The predicted octanol–water partition coefficient (Wildman–Crippen LogP) is 1.61. The number of aromatic nitrogens is 1. The second-order valence-electron chi connectivity index (χ2n) is 5.78. The van der Waals surface area contributed by atoms with Crippen LogP contribution in [-0.4, -0.2) is 17.4 Å². The molecule has 0 radical (unpaired) electrons. The average molecular weight is 253 g/mol. The van der Waals surface area contributed by atoms with Gasteiger partial charge < -0.3 is 15.5 Å². The van der Waals surface area contributed by atoms with Crippen LogP contribution < -0.4 is 11.1 Å². The van der Waals surface area contributed by atoms with Crippen molar-refractivity contribution in [1.82, 2.24) is 10.3 Å². The molecule has 0 saturated carbocycles. The van der Waals surface area contributed by atoms with Crippen molar-refractivity contribution in [3.05, 3.63) is 17.8 Å². The zero-order valence-corrected chi connectivity index (χ0v) is 11.6. The fourth-order valence-corrected chi connectivity index (χ4v) is 1.81. The maximum atomic E-state index is 12.0. The first-order valence-corrected chi connectivity index (χ1v) is 6.21. The van der Waals surface area contributed by atoms with Gasteiger partial charge in [-0.3, -0.25) is 4.79 Å². The SMILES string of the molecule is Cc1cnc(CNC(=O)C(CN)CC(C)(C)C)o1. The number of rotatable bonds is 5. The van der Waals surface area contributed by atoms with E-state index >= 15 is 0 Å². The summed E-state index contributed by atoms with van der Waals surface area (Å²) in [7, 11) is 0. The van der Waals surface area contributed by atoms with Gasteiger partial charge in [-0.1, -0.05) is 20.8 Å². The summed E-state index contributed by atoms with van der Waals surface area (Å²) < 4.78 is 5.29. The summed E-state index contributed by atoms with van der Waals surface area (Å²) in [5, 5.41) is 2.81. The van der Waals surface area contributed by atoms with Gasteiger partial charge in [0.1, 0.15) is 5.76 Å². The van der Waals surface area contributed by atoms with E-state index in [1.807, 2.05) is 6.92 Å². The van der Waals surface area contributed by atoms with Crippen molar-refractivity contribution >= 4 is 5.91 Å². The van der Waals surface area contributed by atoms with Gasteiger partial charge in [0.2, 0.25) is 11.8 Å². The zero-order chi connectivity index (χ0) is 13.8. The highest BCUT2D eigenvalue weighted by Crippen LogP contribution is 2.24. The van der Waals surface area contributed by atoms with E-state index in [4.69, 9.17) is 10.2 Å². The number of carbonyl (C=O) groups excluding carboxylic acids is 1. The Morgan fingerprint density at radius 3 is 2.67 bits per heavy atom. The van der Waals surface area contributed by atoms with Gasteiger partial charge in [0.15, 0.2) is 0 Å². The maximum Gasteiger partial charge on any atom is 0.224 e. The molecular formula is C13H23N3O2.